The van der Waals surface area contributed by atoms with Crippen LogP contribution in [0.25, 0.3) is 10.9 Å². The molecule has 2 aromatic heterocycles. The number of rotatable bonds is 3. The van der Waals surface area contributed by atoms with E-state index in [1.165, 1.54) is 0 Å². The van der Waals surface area contributed by atoms with Crippen LogP contribution in [0, 0.1) is 11.3 Å². The van der Waals surface area contributed by atoms with Crippen molar-refractivity contribution in [1.29, 1.82) is 5.26 Å². The number of fused-ring (bicyclic) bond motifs is 1. The van der Waals surface area contributed by atoms with Crippen LogP contribution in [-0.4, -0.2) is 4.98 Å². The molecule has 1 aromatic carbocycles. The highest BCUT2D eigenvalue weighted by atomic mass is 16.3. The molecule has 19 heavy (non-hydrogen) atoms. The number of aromatic nitrogens is 1. The fourth-order valence-electron chi connectivity index (χ4n) is 1.89. The molecule has 0 atom stereocenters. The minimum absolute atomic E-state index is 0.327. The van der Waals surface area contributed by atoms with Crippen molar-refractivity contribution >= 4 is 16.6 Å². The van der Waals surface area contributed by atoms with Crippen molar-refractivity contribution in [1.82, 2.24) is 4.98 Å². The molecule has 3 rings (SSSR count). The number of hydrogen-bond acceptors (Lipinski definition) is 4. The molecule has 0 amide bonds. The van der Waals surface area contributed by atoms with Gasteiger partial charge < -0.3 is 9.73 Å². The van der Waals surface area contributed by atoms with Gasteiger partial charge in [0.1, 0.15) is 11.8 Å². The van der Waals surface area contributed by atoms with Gasteiger partial charge in [-0.05, 0) is 24.3 Å². The summed E-state index contributed by atoms with van der Waals surface area (Å²) in [6.07, 6.45) is 1.79. The van der Waals surface area contributed by atoms with Gasteiger partial charge in [-0.25, -0.2) is 0 Å². The highest BCUT2D eigenvalue weighted by Gasteiger charge is 2.02. The molecule has 2 heterocycles. The lowest BCUT2D eigenvalue weighted by Crippen LogP contribution is -1.98. The van der Waals surface area contributed by atoms with E-state index in [2.05, 4.69) is 10.3 Å². The van der Waals surface area contributed by atoms with Crippen molar-refractivity contribution in [2.75, 3.05) is 5.32 Å². The van der Waals surface area contributed by atoms with Crippen LogP contribution in [0.2, 0.25) is 0 Å². The lowest BCUT2D eigenvalue weighted by molar-refractivity contribution is 0.506. The number of anilines is 1. The second kappa shape index (κ2) is 4.83. The minimum Gasteiger partial charge on any atom is -0.449 e. The van der Waals surface area contributed by atoms with E-state index in [-0.39, 0.29) is 0 Å². The summed E-state index contributed by atoms with van der Waals surface area (Å²) in [5, 5.41) is 13.0. The average molecular weight is 249 g/mol. The molecule has 0 saturated carbocycles. The Morgan fingerprint density at radius 1 is 1.21 bits per heavy atom. The van der Waals surface area contributed by atoms with Gasteiger partial charge >= 0.3 is 0 Å². The Labute approximate surface area is 110 Å². The van der Waals surface area contributed by atoms with Gasteiger partial charge in [0.15, 0.2) is 0 Å². The zero-order valence-corrected chi connectivity index (χ0v) is 10.1. The zero-order valence-electron chi connectivity index (χ0n) is 10.1. The Hall–Kier alpha value is -2.80. The van der Waals surface area contributed by atoms with Crippen molar-refractivity contribution in [3.63, 3.8) is 0 Å². The molecule has 0 unspecified atom stereocenters. The first-order chi connectivity index (χ1) is 9.35. The summed E-state index contributed by atoms with van der Waals surface area (Å²) in [4.78, 5) is 4.37. The Bertz CT molecular complexity index is 755. The molecular formula is C15H11N3O. The predicted octanol–water partition coefficient (Wildman–Crippen LogP) is 3.31. The lowest BCUT2D eigenvalue weighted by Gasteiger charge is -2.05. The maximum absolute atomic E-state index is 8.68. The fourth-order valence-corrected chi connectivity index (χ4v) is 1.89. The van der Waals surface area contributed by atoms with Gasteiger partial charge in [-0.2, -0.15) is 5.26 Å². The minimum atomic E-state index is 0.327. The third-order valence-electron chi connectivity index (χ3n) is 2.83. The number of furan rings is 1. The number of nitrogens with one attached hydrogen (secondary N) is 1. The number of para-hydroxylation sites is 1. The van der Waals surface area contributed by atoms with Gasteiger partial charge in [-0.15, -0.1) is 0 Å². The second-order valence-electron chi connectivity index (χ2n) is 4.15. The summed E-state index contributed by atoms with van der Waals surface area (Å²) in [6.45, 7) is 0.529. The van der Waals surface area contributed by atoms with E-state index >= 15 is 0 Å². The third-order valence-corrected chi connectivity index (χ3v) is 2.83. The maximum Gasteiger partial charge on any atom is 0.203 e. The highest BCUT2D eigenvalue weighted by molar-refractivity contribution is 5.81. The van der Waals surface area contributed by atoms with Crippen LogP contribution in [0.3, 0.4) is 0 Å². The van der Waals surface area contributed by atoms with Gasteiger partial charge in [0, 0.05) is 5.39 Å². The molecule has 3 aromatic rings. The highest BCUT2D eigenvalue weighted by Crippen LogP contribution is 2.17. The summed E-state index contributed by atoms with van der Waals surface area (Å²) in [7, 11) is 0. The molecule has 92 valence electrons. The van der Waals surface area contributed by atoms with Crippen LogP contribution in [0.5, 0.6) is 0 Å². The Kier molecular flexibility index (Phi) is 2.87. The molecule has 0 fully saturated rings. The molecule has 0 saturated heterocycles. The molecule has 4 heteroatoms. The van der Waals surface area contributed by atoms with E-state index in [0.29, 0.717) is 12.3 Å². The molecular weight excluding hydrogens is 238 g/mol. The standard InChI is InChI=1S/C15H11N3O/c16-8-13-5-6-14(19-13)10-17-12-7-11-3-1-2-4-15(11)18-9-12/h1-7,9,17H,10H2. The number of hydrogen-bond donors (Lipinski definition) is 1. The van der Waals surface area contributed by atoms with Gasteiger partial charge in [-0.3, -0.25) is 4.98 Å². The quantitative estimate of drug-likeness (QED) is 0.773. The van der Waals surface area contributed by atoms with Crippen LogP contribution >= 0.6 is 0 Å². The average Bonchev–Trinajstić information content (AvgIpc) is 2.93. The first-order valence-electron chi connectivity index (χ1n) is 5.92. The van der Waals surface area contributed by atoms with Crippen LogP contribution < -0.4 is 5.32 Å². The summed E-state index contributed by atoms with van der Waals surface area (Å²) >= 11 is 0. The predicted molar refractivity (Wildman–Crippen MR) is 72.5 cm³/mol. The van der Waals surface area contributed by atoms with Crippen molar-refractivity contribution in [3.8, 4) is 6.07 Å². The summed E-state index contributed by atoms with van der Waals surface area (Å²) in [5.74, 6) is 1.05. The van der Waals surface area contributed by atoms with E-state index in [1.54, 1.807) is 18.3 Å². The summed E-state index contributed by atoms with van der Waals surface area (Å²) in [6, 6.07) is 15.4. The molecule has 4 nitrogen and oxygen atoms in total. The summed E-state index contributed by atoms with van der Waals surface area (Å²) in [5.41, 5.74) is 1.89. The van der Waals surface area contributed by atoms with E-state index in [4.69, 9.17) is 9.68 Å². The van der Waals surface area contributed by atoms with Crippen molar-refractivity contribution in [3.05, 3.63) is 60.2 Å². The smallest absolute Gasteiger partial charge is 0.203 e. The summed E-state index contributed by atoms with van der Waals surface area (Å²) < 4.78 is 5.30. The molecule has 1 N–H and O–H groups in total. The first kappa shape index (κ1) is 11.3. The van der Waals surface area contributed by atoms with Gasteiger partial charge in [-0.1, -0.05) is 18.2 Å². The maximum atomic E-state index is 8.68. The third kappa shape index (κ3) is 2.40. The van der Waals surface area contributed by atoms with Crippen LogP contribution in [0.15, 0.2) is 53.1 Å². The van der Waals surface area contributed by atoms with Gasteiger partial charge in [0.2, 0.25) is 5.76 Å². The first-order valence-corrected chi connectivity index (χ1v) is 5.92. The van der Waals surface area contributed by atoms with Crippen molar-refractivity contribution in [2.45, 2.75) is 6.54 Å². The Morgan fingerprint density at radius 3 is 2.95 bits per heavy atom. The number of nitriles is 1. The number of nitrogens with zero attached hydrogens (tertiary/aromatic N) is 2. The molecule has 0 aliphatic heterocycles. The number of pyridine rings is 1. The largest absolute Gasteiger partial charge is 0.449 e. The topological polar surface area (TPSA) is 61.9 Å². The van der Waals surface area contributed by atoms with Crippen LogP contribution in [0.4, 0.5) is 5.69 Å². The van der Waals surface area contributed by atoms with Crippen molar-refractivity contribution in [2.24, 2.45) is 0 Å². The van der Waals surface area contributed by atoms with Gasteiger partial charge in [0.25, 0.3) is 0 Å². The van der Waals surface area contributed by atoms with E-state index in [1.807, 2.05) is 36.4 Å². The molecule has 0 bridgehead atoms. The van der Waals surface area contributed by atoms with Gasteiger partial charge in [0.05, 0.1) is 23.9 Å². The SMILES string of the molecule is N#Cc1ccc(CNc2cnc3ccccc3c2)o1. The normalized spacial score (nSPS) is 10.3. The molecule has 0 radical (unpaired) electrons. The van der Waals surface area contributed by atoms with E-state index in [9.17, 15) is 0 Å². The Morgan fingerprint density at radius 2 is 2.11 bits per heavy atom. The number of benzene rings is 1. The fraction of sp³-hybridized carbons (Fsp3) is 0.0667. The Balaban J connectivity index is 1.76. The van der Waals surface area contributed by atoms with Crippen molar-refractivity contribution < 1.29 is 4.42 Å². The van der Waals surface area contributed by atoms with E-state index < -0.39 is 0 Å². The second-order valence-corrected chi connectivity index (χ2v) is 4.15. The molecule has 0 aliphatic rings. The molecule has 0 spiro atoms. The van der Waals surface area contributed by atoms with Crippen LogP contribution in [0.1, 0.15) is 11.5 Å². The van der Waals surface area contributed by atoms with E-state index in [0.717, 1.165) is 22.4 Å². The van der Waals surface area contributed by atoms with Crippen LogP contribution in [-0.2, 0) is 6.54 Å². The zero-order chi connectivity index (χ0) is 13.1. The lowest BCUT2D eigenvalue weighted by atomic mass is 10.2. The molecule has 0 aliphatic carbocycles. The monoisotopic (exact) mass is 249 g/mol.